The van der Waals surface area contributed by atoms with E-state index in [4.69, 9.17) is 20.8 Å². The molecular formula is C35H39ClFN3O3Si. The summed E-state index contributed by atoms with van der Waals surface area (Å²) in [6, 6.07) is 25.8. The fraction of sp³-hybridized carbons (Fsp3) is 0.314. The number of halogens is 2. The summed E-state index contributed by atoms with van der Waals surface area (Å²) in [5, 5.41) is 15.6. The molecule has 0 spiro atoms. The summed E-state index contributed by atoms with van der Waals surface area (Å²) in [4.78, 5) is 6.13. The van der Waals surface area contributed by atoms with Crippen molar-refractivity contribution in [1.29, 1.82) is 0 Å². The molecule has 0 aliphatic carbocycles. The molecule has 3 aromatic carbocycles. The maximum absolute atomic E-state index is 16.3. The van der Waals surface area contributed by atoms with Crippen molar-refractivity contribution in [3.63, 3.8) is 0 Å². The molecule has 0 bridgehead atoms. The van der Waals surface area contributed by atoms with Crippen molar-refractivity contribution in [3.05, 3.63) is 119 Å². The molecule has 6 nitrogen and oxygen atoms in total. The fourth-order valence-corrected chi connectivity index (χ4v) is 11.2. The smallest absolute Gasteiger partial charge is 0.261 e. The number of benzene rings is 3. The lowest BCUT2D eigenvalue weighted by atomic mass is 9.98. The molecule has 230 valence electrons. The molecule has 1 aliphatic rings. The maximum atomic E-state index is 16.3. The number of anilines is 1. The van der Waals surface area contributed by atoms with Gasteiger partial charge in [-0.3, -0.25) is 4.98 Å². The van der Waals surface area contributed by atoms with Crippen LogP contribution in [0.1, 0.15) is 51.3 Å². The highest BCUT2D eigenvalue weighted by atomic mass is 35.5. The van der Waals surface area contributed by atoms with Gasteiger partial charge >= 0.3 is 0 Å². The van der Waals surface area contributed by atoms with E-state index in [2.05, 4.69) is 60.1 Å². The summed E-state index contributed by atoms with van der Waals surface area (Å²) in [6.07, 6.45) is 2.99. The highest BCUT2D eigenvalue weighted by Crippen LogP contribution is 2.41. The standard InChI is InChI=1S/C35H39ClFN3O3Si/c1-24-21-40(22-25(2)43-24)34-27(20-30(32(37)31(34)36)33(39-41)26-16-18-38-19-17-26)23-42-44(35(3,4)5,28-12-8-6-9-13-28)29-14-10-7-11-15-29/h6-20,24-25,41H,21-23H2,1-5H3/b39-33+/t24-,25+. The Kier molecular flexibility index (Phi) is 9.55. The second-order valence-electron chi connectivity index (χ2n) is 12.4. The van der Waals surface area contributed by atoms with Crippen LogP contribution in [0, 0.1) is 5.82 Å². The summed E-state index contributed by atoms with van der Waals surface area (Å²) >= 11 is 6.94. The normalized spacial score (nSPS) is 18.0. The first-order chi connectivity index (χ1) is 21.1. The van der Waals surface area contributed by atoms with Crippen LogP contribution in [0.4, 0.5) is 10.1 Å². The number of hydrogen-bond acceptors (Lipinski definition) is 6. The summed E-state index contributed by atoms with van der Waals surface area (Å²) in [5.41, 5.74) is 1.94. The third-order valence-corrected chi connectivity index (χ3v) is 13.5. The van der Waals surface area contributed by atoms with Crippen LogP contribution in [-0.4, -0.2) is 49.5 Å². The van der Waals surface area contributed by atoms with Crippen LogP contribution in [0.5, 0.6) is 0 Å². The van der Waals surface area contributed by atoms with E-state index in [1.807, 2.05) is 50.2 Å². The lowest BCUT2D eigenvalue weighted by molar-refractivity contribution is -0.00532. The highest BCUT2D eigenvalue weighted by Gasteiger charge is 2.50. The Bertz CT molecular complexity index is 1550. The Morgan fingerprint density at radius 2 is 1.55 bits per heavy atom. The van der Waals surface area contributed by atoms with Gasteiger partial charge in [-0.05, 0) is 47.5 Å². The predicted octanol–water partition coefficient (Wildman–Crippen LogP) is 6.79. The zero-order valence-electron chi connectivity index (χ0n) is 25.8. The number of aromatic nitrogens is 1. The number of oxime groups is 1. The molecule has 1 fully saturated rings. The van der Waals surface area contributed by atoms with Crippen molar-refractivity contribution in [3.8, 4) is 0 Å². The Labute approximate surface area is 265 Å². The van der Waals surface area contributed by atoms with Crippen LogP contribution >= 0.6 is 11.6 Å². The van der Waals surface area contributed by atoms with Crippen molar-refractivity contribution < 1.29 is 18.8 Å². The van der Waals surface area contributed by atoms with Crippen molar-refractivity contribution in [2.24, 2.45) is 5.16 Å². The van der Waals surface area contributed by atoms with Crippen LogP contribution < -0.4 is 15.3 Å². The predicted molar refractivity (Wildman–Crippen MR) is 178 cm³/mol. The molecule has 0 unspecified atom stereocenters. The maximum Gasteiger partial charge on any atom is 0.261 e. The number of rotatable bonds is 8. The van der Waals surface area contributed by atoms with Gasteiger partial charge in [0.15, 0.2) is 5.82 Å². The van der Waals surface area contributed by atoms with E-state index >= 15 is 4.39 Å². The average molecular weight is 632 g/mol. The molecular weight excluding hydrogens is 593 g/mol. The van der Waals surface area contributed by atoms with Crippen LogP contribution in [0.25, 0.3) is 0 Å². The van der Waals surface area contributed by atoms with E-state index in [0.717, 1.165) is 10.4 Å². The molecule has 9 heteroatoms. The molecule has 44 heavy (non-hydrogen) atoms. The van der Waals surface area contributed by atoms with Crippen LogP contribution in [0.3, 0.4) is 0 Å². The van der Waals surface area contributed by atoms with Crippen LogP contribution in [0.15, 0.2) is 96.4 Å². The number of hydrogen-bond donors (Lipinski definition) is 1. The molecule has 5 rings (SSSR count). The van der Waals surface area contributed by atoms with Crippen molar-refractivity contribution >= 4 is 41.7 Å². The highest BCUT2D eigenvalue weighted by molar-refractivity contribution is 6.99. The molecule has 2 heterocycles. The summed E-state index contributed by atoms with van der Waals surface area (Å²) in [6.45, 7) is 11.9. The van der Waals surface area contributed by atoms with E-state index in [1.54, 1.807) is 30.6 Å². The minimum atomic E-state index is -2.95. The first-order valence-electron chi connectivity index (χ1n) is 14.9. The zero-order valence-corrected chi connectivity index (χ0v) is 27.6. The lowest BCUT2D eigenvalue weighted by Crippen LogP contribution is -2.66. The third kappa shape index (κ3) is 6.17. The first-order valence-corrected chi connectivity index (χ1v) is 17.1. The first kappa shape index (κ1) is 31.8. The molecule has 2 atom stereocenters. The molecule has 1 aromatic heterocycles. The number of ether oxygens (including phenoxy) is 1. The second-order valence-corrected chi connectivity index (χ2v) is 17.0. The lowest BCUT2D eigenvalue weighted by Gasteiger charge is -2.43. The SMILES string of the molecule is C[C@@H]1CN(c2c(CO[Si](c3ccccc3)(c3ccccc3)C(C)(C)C)cc(/C(=N/O)c3ccncc3)c(F)c2Cl)C[C@H](C)O1. The molecule has 0 saturated carbocycles. The monoisotopic (exact) mass is 631 g/mol. The quantitative estimate of drug-likeness (QED) is 0.100. The van der Waals surface area contributed by atoms with Gasteiger partial charge in [0.05, 0.1) is 24.5 Å². The van der Waals surface area contributed by atoms with Gasteiger partial charge < -0.3 is 19.3 Å². The van der Waals surface area contributed by atoms with Gasteiger partial charge in [0.25, 0.3) is 8.32 Å². The number of nitrogens with zero attached hydrogens (tertiary/aromatic N) is 3. The van der Waals surface area contributed by atoms with Gasteiger partial charge in [-0.1, -0.05) is 98.2 Å². The largest absolute Gasteiger partial charge is 0.410 e. The molecule has 0 amide bonds. The fourth-order valence-electron chi connectivity index (χ4n) is 6.38. The Morgan fingerprint density at radius 3 is 2.05 bits per heavy atom. The Balaban J connectivity index is 1.70. The van der Waals surface area contributed by atoms with Gasteiger partial charge in [0.1, 0.15) is 10.7 Å². The van der Waals surface area contributed by atoms with Gasteiger partial charge in [-0.2, -0.15) is 0 Å². The second kappa shape index (κ2) is 13.2. The van der Waals surface area contributed by atoms with Gasteiger partial charge in [-0.25, -0.2) is 4.39 Å². The number of morpholine rings is 1. The van der Waals surface area contributed by atoms with E-state index in [9.17, 15) is 5.21 Å². The zero-order chi connectivity index (χ0) is 31.5. The minimum Gasteiger partial charge on any atom is -0.410 e. The summed E-state index contributed by atoms with van der Waals surface area (Å²) in [7, 11) is -2.95. The molecule has 4 aromatic rings. The molecule has 0 radical (unpaired) electrons. The van der Waals surface area contributed by atoms with Gasteiger partial charge in [-0.15, -0.1) is 0 Å². The van der Waals surface area contributed by atoms with Crippen molar-refractivity contribution in [2.75, 3.05) is 18.0 Å². The molecule has 1 aliphatic heterocycles. The van der Waals surface area contributed by atoms with E-state index in [-0.39, 0.29) is 40.2 Å². The van der Waals surface area contributed by atoms with Crippen molar-refractivity contribution in [2.45, 2.75) is 58.5 Å². The number of pyridine rings is 1. The third-order valence-electron chi connectivity index (χ3n) is 8.17. The van der Waals surface area contributed by atoms with Crippen LogP contribution in [-0.2, 0) is 15.8 Å². The molecule has 1 N–H and O–H groups in total. The van der Waals surface area contributed by atoms with Crippen LogP contribution in [0.2, 0.25) is 10.1 Å². The van der Waals surface area contributed by atoms with Gasteiger partial charge in [0, 0.05) is 42.2 Å². The van der Waals surface area contributed by atoms with E-state index in [1.165, 1.54) is 0 Å². The Hall–Kier alpha value is -3.56. The molecule has 1 saturated heterocycles. The van der Waals surface area contributed by atoms with Crippen molar-refractivity contribution in [1.82, 2.24) is 4.98 Å². The summed E-state index contributed by atoms with van der Waals surface area (Å²) in [5.74, 6) is -0.660. The minimum absolute atomic E-state index is 0.0416. The van der Waals surface area contributed by atoms with E-state index in [0.29, 0.717) is 29.9 Å². The topological polar surface area (TPSA) is 67.2 Å². The van der Waals surface area contributed by atoms with Gasteiger partial charge in [0.2, 0.25) is 0 Å². The Morgan fingerprint density at radius 1 is 1.00 bits per heavy atom. The van der Waals surface area contributed by atoms with E-state index < -0.39 is 14.1 Å². The average Bonchev–Trinajstić information content (AvgIpc) is 3.00. The summed E-state index contributed by atoms with van der Waals surface area (Å²) < 4.78 is 29.6.